The van der Waals surface area contributed by atoms with Gasteiger partial charge in [0, 0.05) is 19.0 Å². The van der Waals surface area contributed by atoms with Gasteiger partial charge in [0.25, 0.3) is 0 Å². The first kappa shape index (κ1) is 17.4. The average molecular weight is 340 g/mol. The highest BCUT2D eigenvalue weighted by atomic mass is 32.2. The van der Waals surface area contributed by atoms with Crippen molar-refractivity contribution in [3.8, 4) is 0 Å². The molecule has 2 atom stereocenters. The van der Waals surface area contributed by atoms with E-state index in [4.69, 9.17) is 5.11 Å². The van der Waals surface area contributed by atoms with Crippen LogP contribution in [0.2, 0.25) is 0 Å². The Balaban J connectivity index is 1.74. The lowest BCUT2D eigenvalue weighted by molar-refractivity contribution is -0.141. The van der Waals surface area contributed by atoms with Crippen LogP contribution >= 0.6 is 0 Å². The fourth-order valence-corrected chi connectivity index (χ4v) is 3.67. The fourth-order valence-electron chi connectivity index (χ4n) is 2.62. The summed E-state index contributed by atoms with van der Waals surface area (Å²) in [5.74, 6) is -1.52. The van der Waals surface area contributed by atoms with Crippen LogP contribution < -0.4 is 10.0 Å². The van der Waals surface area contributed by atoms with Crippen molar-refractivity contribution < 1.29 is 23.1 Å². The van der Waals surface area contributed by atoms with Crippen molar-refractivity contribution >= 4 is 21.9 Å². The van der Waals surface area contributed by atoms with Crippen LogP contribution in [0.25, 0.3) is 0 Å². The molecular weight excluding hydrogens is 320 g/mol. The summed E-state index contributed by atoms with van der Waals surface area (Å²) in [7, 11) is -3.61. The summed E-state index contributed by atoms with van der Waals surface area (Å²) >= 11 is 0. The second kappa shape index (κ2) is 7.56. The average Bonchev–Trinajstić information content (AvgIpc) is 2.96. The number of aliphatic carboxylic acids is 1. The van der Waals surface area contributed by atoms with Crippen molar-refractivity contribution in [2.75, 3.05) is 6.54 Å². The van der Waals surface area contributed by atoms with Gasteiger partial charge in [0.15, 0.2) is 0 Å². The first-order chi connectivity index (χ1) is 10.9. The zero-order valence-electron chi connectivity index (χ0n) is 12.6. The van der Waals surface area contributed by atoms with E-state index in [1.807, 2.05) is 0 Å². The third-order valence-electron chi connectivity index (χ3n) is 3.84. The first-order valence-corrected chi connectivity index (χ1v) is 8.93. The minimum Gasteiger partial charge on any atom is -0.481 e. The van der Waals surface area contributed by atoms with Gasteiger partial charge in [-0.25, -0.2) is 13.1 Å². The Labute approximate surface area is 135 Å². The number of carbonyl (C=O) groups excluding carboxylic acids is 1. The zero-order valence-corrected chi connectivity index (χ0v) is 13.4. The summed E-state index contributed by atoms with van der Waals surface area (Å²) in [6.45, 7) is -0.00185. The largest absolute Gasteiger partial charge is 0.481 e. The Hall–Kier alpha value is -1.93. The van der Waals surface area contributed by atoms with Crippen LogP contribution in [0.1, 0.15) is 25.7 Å². The van der Waals surface area contributed by atoms with Crippen molar-refractivity contribution in [3.63, 3.8) is 0 Å². The first-order valence-electron chi connectivity index (χ1n) is 7.45. The molecule has 1 fully saturated rings. The SMILES string of the molecule is O=C(CCNS(=O)(=O)c1ccccc1)N[C@@H]1CC[C@H](C(=O)O)C1. The van der Waals surface area contributed by atoms with E-state index >= 15 is 0 Å². The van der Waals surface area contributed by atoms with E-state index in [0.29, 0.717) is 19.3 Å². The molecule has 0 saturated heterocycles. The molecule has 126 valence electrons. The molecule has 0 aromatic heterocycles. The molecule has 7 nitrogen and oxygen atoms in total. The molecular formula is C15H20N2O5S. The lowest BCUT2D eigenvalue weighted by Crippen LogP contribution is -2.36. The molecule has 0 radical (unpaired) electrons. The van der Waals surface area contributed by atoms with E-state index in [-0.39, 0.29) is 29.8 Å². The summed E-state index contributed by atoms with van der Waals surface area (Å²) in [6.07, 6.45) is 1.64. The molecule has 8 heteroatoms. The van der Waals surface area contributed by atoms with Crippen LogP contribution in [0.15, 0.2) is 35.2 Å². The van der Waals surface area contributed by atoms with E-state index in [1.165, 1.54) is 12.1 Å². The molecule has 0 heterocycles. The molecule has 1 aliphatic rings. The zero-order chi connectivity index (χ0) is 16.9. The van der Waals surface area contributed by atoms with Crippen molar-refractivity contribution in [2.24, 2.45) is 5.92 Å². The number of benzene rings is 1. The van der Waals surface area contributed by atoms with E-state index in [9.17, 15) is 18.0 Å². The number of amides is 1. The topological polar surface area (TPSA) is 113 Å². The van der Waals surface area contributed by atoms with Crippen LogP contribution in [-0.4, -0.2) is 38.0 Å². The molecule has 0 unspecified atom stereocenters. The van der Waals surface area contributed by atoms with Gasteiger partial charge in [-0.1, -0.05) is 18.2 Å². The van der Waals surface area contributed by atoms with Gasteiger partial charge in [-0.05, 0) is 31.4 Å². The van der Waals surface area contributed by atoms with Crippen molar-refractivity contribution in [3.05, 3.63) is 30.3 Å². The monoisotopic (exact) mass is 340 g/mol. The molecule has 0 spiro atoms. The standard InChI is InChI=1S/C15H20N2O5S/c18-14(17-12-7-6-11(10-12)15(19)20)8-9-16-23(21,22)13-4-2-1-3-5-13/h1-5,11-12,16H,6-10H2,(H,17,18)(H,19,20)/t11-,12+/m0/s1. The number of carbonyl (C=O) groups is 2. The highest BCUT2D eigenvalue weighted by Crippen LogP contribution is 2.25. The maximum atomic E-state index is 12.0. The third-order valence-corrected chi connectivity index (χ3v) is 5.32. The molecule has 1 saturated carbocycles. The Morgan fingerprint density at radius 3 is 2.48 bits per heavy atom. The Kier molecular flexibility index (Phi) is 5.73. The van der Waals surface area contributed by atoms with E-state index in [1.54, 1.807) is 18.2 Å². The maximum Gasteiger partial charge on any atom is 0.306 e. The Morgan fingerprint density at radius 1 is 1.17 bits per heavy atom. The van der Waals surface area contributed by atoms with Crippen molar-refractivity contribution in [2.45, 2.75) is 36.6 Å². The van der Waals surface area contributed by atoms with Crippen LogP contribution in [-0.2, 0) is 19.6 Å². The van der Waals surface area contributed by atoms with Gasteiger partial charge < -0.3 is 10.4 Å². The quantitative estimate of drug-likeness (QED) is 0.677. The van der Waals surface area contributed by atoms with Gasteiger partial charge >= 0.3 is 5.97 Å². The van der Waals surface area contributed by atoms with Crippen molar-refractivity contribution in [1.29, 1.82) is 0 Å². The smallest absolute Gasteiger partial charge is 0.306 e. The molecule has 1 aromatic rings. The van der Waals surface area contributed by atoms with E-state index in [2.05, 4.69) is 10.0 Å². The summed E-state index contributed by atoms with van der Waals surface area (Å²) in [5, 5.41) is 11.7. The van der Waals surface area contributed by atoms with Crippen LogP contribution in [0.3, 0.4) is 0 Å². The Bertz CT molecular complexity index is 660. The van der Waals surface area contributed by atoms with Gasteiger partial charge in [0.2, 0.25) is 15.9 Å². The lowest BCUT2D eigenvalue weighted by Gasteiger charge is -2.12. The molecule has 1 aromatic carbocycles. The highest BCUT2D eigenvalue weighted by molar-refractivity contribution is 7.89. The van der Waals surface area contributed by atoms with Gasteiger partial charge in [-0.2, -0.15) is 0 Å². The minimum absolute atomic E-state index is 0.00185. The number of carboxylic acids is 1. The lowest BCUT2D eigenvalue weighted by atomic mass is 10.1. The maximum absolute atomic E-state index is 12.0. The third kappa shape index (κ3) is 5.04. The number of nitrogens with one attached hydrogen (secondary N) is 2. The molecule has 23 heavy (non-hydrogen) atoms. The number of carboxylic acid groups (broad SMARTS) is 1. The summed E-state index contributed by atoms with van der Waals surface area (Å²) < 4.78 is 26.3. The number of hydrogen-bond acceptors (Lipinski definition) is 4. The van der Waals surface area contributed by atoms with Gasteiger partial charge in [-0.3, -0.25) is 9.59 Å². The molecule has 0 bridgehead atoms. The summed E-state index contributed by atoms with van der Waals surface area (Å²) in [6, 6.07) is 7.79. The molecule has 0 aliphatic heterocycles. The highest BCUT2D eigenvalue weighted by Gasteiger charge is 2.30. The van der Waals surface area contributed by atoms with Crippen LogP contribution in [0, 0.1) is 5.92 Å². The Morgan fingerprint density at radius 2 is 1.87 bits per heavy atom. The van der Waals surface area contributed by atoms with Crippen molar-refractivity contribution in [1.82, 2.24) is 10.0 Å². The number of hydrogen-bond donors (Lipinski definition) is 3. The van der Waals surface area contributed by atoms with Gasteiger partial charge in [-0.15, -0.1) is 0 Å². The minimum atomic E-state index is -3.61. The normalized spacial score (nSPS) is 21.0. The van der Waals surface area contributed by atoms with Gasteiger partial charge in [0.1, 0.15) is 0 Å². The van der Waals surface area contributed by atoms with Gasteiger partial charge in [0.05, 0.1) is 10.8 Å². The predicted octanol–water partition coefficient (Wildman–Crippen LogP) is 0.724. The molecule has 2 rings (SSSR count). The summed E-state index contributed by atoms with van der Waals surface area (Å²) in [4.78, 5) is 22.8. The molecule has 1 aliphatic carbocycles. The van der Waals surface area contributed by atoms with Crippen LogP contribution in [0.4, 0.5) is 0 Å². The number of sulfonamides is 1. The van der Waals surface area contributed by atoms with Crippen LogP contribution in [0.5, 0.6) is 0 Å². The summed E-state index contributed by atoms with van der Waals surface area (Å²) in [5.41, 5.74) is 0. The second-order valence-corrected chi connectivity index (χ2v) is 7.34. The molecule has 1 amide bonds. The van der Waals surface area contributed by atoms with E-state index in [0.717, 1.165) is 0 Å². The number of rotatable bonds is 7. The van der Waals surface area contributed by atoms with E-state index < -0.39 is 21.9 Å². The second-order valence-electron chi connectivity index (χ2n) is 5.57. The molecule has 3 N–H and O–H groups in total. The fraction of sp³-hybridized carbons (Fsp3) is 0.467. The predicted molar refractivity (Wildman–Crippen MR) is 83.2 cm³/mol.